The summed E-state index contributed by atoms with van der Waals surface area (Å²) in [5.41, 5.74) is 4.68. The van der Waals surface area contributed by atoms with Crippen LogP contribution in [0.1, 0.15) is 94.6 Å². The van der Waals surface area contributed by atoms with Crippen molar-refractivity contribution in [3.05, 3.63) is 59.7 Å². The van der Waals surface area contributed by atoms with Gasteiger partial charge in [0.05, 0.1) is 10.1 Å². The Morgan fingerprint density at radius 3 is 2.17 bits per heavy atom. The molecule has 1 unspecified atom stereocenters. The number of anilines is 1. The van der Waals surface area contributed by atoms with Gasteiger partial charge in [0.25, 0.3) is 0 Å². The van der Waals surface area contributed by atoms with Gasteiger partial charge in [-0.25, -0.2) is 8.42 Å². The SMILES string of the molecule is O=S(=O)(c1ccc(N2CC(CCCC3CCC(C4(C5CCCC5)NCCc5ccccc54)CC3)C2)cc1)C1CC1. The van der Waals surface area contributed by atoms with Crippen LogP contribution >= 0.6 is 0 Å². The zero-order valence-corrected chi connectivity index (χ0v) is 25.0. The number of nitrogens with one attached hydrogen (secondary N) is 1. The second-order valence-electron chi connectivity index (χ2n) is 13.8. The van der Waals surface area contributed by atoms with Crippen molar-refractivity contribution in [3.63, 3.8) is 0 Å². The highest BCUT2D eigenvalue weighted by Gasteiger charge is 2.49. The van der Waals surface area contributed by atoms with E-state index >= 15 is 0 Å². The molecule has 2 aliphatic heterocycles. The van der Waals surface area contributed by atoms with Gasteiger partial charge in [-0.05, 0) is 110 Å². The molecule has 40 heavy (non-hydrogen) atoms. The smallest absolute Gasteiger partial charge is 0.181 e. The number of benzene rings is 2. The monoisotopic (exact) mass is 560 g/mol. The third-order valence-corrected chi connectivity index (χ3v) is 13.7. The lowest BCUT2D eigenvalue weighted by Gasteiger charge is -2.52. The van der Waals surface area contributed by atoms with Gasteiger partial charge in [-0.2, -0.15) is 0 Å². The van der Waals surface area contributed by atoms with E-state index in [9.17, 15) is 8.42 Å². The molecular formula is C35H48N2O2S. The van der Waals surface area contributed by atoms with Gasteiger partial charge in [0, 0.05) is 30.9 Å². The molecule has 0 radical (unpaired) electrons. The minimum Gasteiger partial charge on any atom is -0.371 e. The van der Waals surface area contributed by atoms with Gasteiger partial charge in [0.2, 0.25) is 0 Å². The molecular weight excluding hydrogens is 512 g/mol. The van der Waals surface area contributed by atoms with Gasteiger partial charge in [0.15, 0.2) is 9.84 Å². The number of hydrogen-bond acceptors (Lipinski definition) is 4. The topological polar surface area (TPSA) is 49.4 Å². The Bertz CT molecular complexity index is 1270. The van der Waals surface area contributed by atoms with Gasteiger partial charge >= 0.3 is 0 Å². The van der Waals surface area contributed by atoms with Crippen LogP contribution in [0.3, 0.4) is 0 Å². The quantitative estimate of drug-likeness (QED) is 0.350. The molecule has 4 nitrogen and oxygen atoms in total. The maximum atomic E-state index is 12.5. The van der Waals surface area contributed by atoms with Gasteiger partial charge < -0.3 is 10.2 Å². The van der Waals surface area contributed by atoms with Gasteiger partial charge in [0.1, 0.15) is 0 Å². The molecule has 5 heteroatoms. The number of sulfone groups is 1. The number of fused-ring (bicyclic) bond motifs is 1. The summed E-state index contributed by atoms with van der Waals surface area (Å²) in [6.07, 6.45) is 18.2. The fourth-order valence-corrected chi connectivity index (χ4v) is 10.7. The van der Waals surface area contributed by atoms with Crippen molar-refractivity contribution in [2.75, 3.05) is 24.5 Å². The lowest BCUT2D eigenvalue weighted by atomic mass is 9.60. The Morgan fingerprint density at radius 1 is 0.775 bits per heavy atom. The van der Waals surface area contributed by atoms with Crippen LogP contribution in [0.25, 0.3) is 0 Å². The summed E-state index contributed by atoms with van der Waals surface area (Å²) in [5.74, 6) is 3.31. The van der Waals surface area contributed by atoms with Gasteiger partial charge in [-0.3, -0.25) is 0 Å². The van der Waals surface area contributed by atoms with Crippen molar-refractivity contribution < 1.29 is 8.42 Å². The summed E-state index contributed by atoms with van der Waals surface area (Å²) in [6.45, 7) is 3.39. The lowest BCUT2D eigenvalue weighted by molar-refractivity contribution is 0.0696. The molecule has 0 amide bonds. The fourth-order valence-electron chi connectivity index (χ4n) is 9.07. The lowest BCUT2D eigenvalue weighted by Crippen LogP contribution is -2.57. The Labute approximate surface area is 242 Å². The fraction of sp³-hybridized carbons (Fsp3) is 0.657. The third-order valence-electron chi connectivity index (χ3n) is 11.4. The molecule has 0 bridgehead atoms. The van der Waals surface area contributed by atoms with Gasteiger partial charge in [-0.1, -0.05) is 62.8 Å². The Morgan fingerprint density at radius 2 is 1.45 bits per heavy atom. The van der Waals surface area contributed by atoms with Crippen molar-refractivity contribution >= 4 is 15.5 Å². The molecule has 216 valence electrons. The summed E-state index contributed by atoms with van der Waals surface area (Å²) >= 11 is 0. The van der Waals surface area contributed by atoms with Crippen molar-refractivity contribution in [1.82, 2.24) is 5.32 Å². The predicted octanol–water partition coefficient (Wildman–Crippen LogP) is 7.27. The van der Waals surface area contributed by atoms with E-state index in [-0.39, 0.29) is 10.8 Å². The molecule has 3 aliphatic carbocycles. The maximum Gasteiger partial charge on any atom is 0.181 e. The Hall–Kier alpha value is -1.85. The molecule has 7 rings (SSSR count). The molecule has 1 atom stereocenters. The molecule has 0 spiro atoms. The summed E-state index contributed by atoms with van der Waals surface area (Å²) in [4.78, 5) is 2.92. The Balaban J connectivity index is 0.886. The normalized spacial score (nSPS) is 29.8. The molecule has 3 saturated carbocycles. The van der Waals surface area contributed by atoms with Crippen molar-refractivity contribution in [3.8, 4) is 0 Å². The number of hydrogen-bond donors (Lipinski definition) is 1. The van der Waals surface area contributed by atoms with E-state index in [2.05, 4.69) is 34.5 Å². The van der Waals surface area contributed by atoms with E-state index < -0.39 is 9.84 Å². The largest absolute Gasteiger partial charge is 0.371 e. The standard InChI is InChI=1S/C35H48N2O2S/c38-40(39,33-20-21-33)32-18-16-31(17-19-32)37-24-27(25-37)7-5-6-26-12-14-30(15-13-26)35(29-9-2-3-10-29)34-11-4-1-8-28(34)22-23-36-35/h1,4,8,11,16-19,26-27,29-30,33,36H,2-3,5-7,9-10,12-15,20-25H2. The summed E-state index contributed by atoms with van der Waals surface area (Å²) < 4.78 is 24.9. The highest BCUT2D eigenvalue weighted by molar-refractivity contribution is 7.92. The third kappa shape index (κ3) is 5.04. The summed E-state index contributed by atoms with van der Waals surface area (Å²) in [7, 11) is -3.08. The van der Waals surface area contributed by atoms with Crippen molar-refractivity contribution in [2.45, 2.75) is 106 Å². The first-order valence-electron chi connectivity index (χ1n) is 16.5. The van der Waals surface area contributed by atoms with Crippen LogP contribution in [-0.2, 0) is 21.8 Å². The zero-order chi connectivity index (χ0) is 27.2. The molecule has 2 heterocycles. The highest BCUT2D eigenvalue weighted by atomic mass is 32.2. The molecule has 5 aliphatic rings. The molecule has 1 N–H and O–H groups in total. The van der Waals surface area contributed by atoms with Crippen LogP contribution in [0.2, 0.25) is 0 Å². The first-order chi connectivity index (χ1) is 19.5. The molecule has 1 saturated heterocycles. The van der Waals surface area contributed by atoms with Crippen LogP contribution in [0.15, 0.2) is 53.4 Å². The van der Waals surface area contributed by atoms with E-state index in [0.717, 1.165) is 56.1 Å². The number of nitrogens with zero attached hydrogens (tertiary/aromatic N) is 1. The highest BCUT2D eigenvalue weighted by Crippen LogP contribution is 2.52. The minimum atomic E-state index is -3.08. The number of rotatable bonds is 9. The van der Waals surface area contributed by atoms with E-state index in [1.165, 1.54) is 82.7 Å². The first-order valence-corrected chi connectivity index (χ1v) is 18.0. The molecule has 2 aromatic rings. The molecule has 2 aromatic carbocycles. The average Bonchev–Trinajstić information content (AvgIpc) is 3.70. The van der Waals surface area contributed by atoms with E-state index in [1.807, 2.05) is 24.3 Å². The van der Waals surface area contributed by atoms with Crippen LogP contribution in [0.5, 0.6) is 0 Å². The molecule has 4 fully saturated rings. The van der Waals surface area contributed by atoms with E-state index in [1.54, 1.807) is 11.1 Å². The van der Waals surface area contributed by atoms with Crippen LogP contribution < -0.4 is 10.2 Å². The zero-order valence-electron chi connectivity index (χ0n) is 24.2. The van der Waals surface area contributed by atoms with Crippen molar-refractivity contribution in [2.24, 2.45) is 23.7 Å². The first kappa shape index (κ1) is 27.0. The summed E-state index contributed by atoms with van der Waals surface area (Å²) in [5, 5.41) is 4.06. The van der Waals surface area contributed by atoms with Crippen LogP contribution in [0, 0.1) is 23.7 Å². The van der Waals surface area contributed by atoms with Crippen molar-refractivity contribution in [1.29, 1.82) is 0 Å². The maximum absolute atomic E-state index is 12.5. The van der Waals surface area contributed by atoms with E-state index in [4.69, 9.17) is 0 Å². The van der Waals surface area contributed by atoms with Crippen LogP contribution in [-0.4, -0.2) is 33.3 Å². The second-order valence-corrected chi connectivity index (χ2v) is 16.1. The van der Waals surface area contributed by atoms with E-state index in [0.29, 0.717) is 4.90 Å². The summed E-state index contributed by atoms with van der Waals surface area (Å²) in [6, 6.07) is 17.1. The minimum absolute atomic E-state index is 0.129. The predicted molar refractivity (Wildman–Crippen MR) is 163 cm³/mol. The Kier molecular flexibility index (Phi) is 7.49. The molecule has 0 aromatic heterocycles. The average molecular weight is 561 g/mol. The van der Waals surface area contributed by atoms with Crippen LogP contribution in [0.4, 0.5) is 5.69 Å². The second kappa shape index (κ2) is 11.1. The van der Waals surface area contributed by atoms with Gasteiger partial charge in [-0.15, -0.1) is 0 Å².